The molecule has 0 unspecified atom stereocenters. The maximum atomic E-state index is 13.4. The van der Waals surface area contributed by atoms with Crippen LogP contribution in [0.1, 0.15) is 16.2 Å². The first-order chi connectivity index (χ1) is 14.0. The maximum absolute atomic E-state index is 13.4. The van der Waals surface area contributed by atoms with Crippen LogP contribution in [-0.2, 0) is 0 Å². The average molecular weight is 407 g/mol. The van der Waals surface area contributed by atoms with Crippen LogP contribution >= 0.6 is 11.6 Å². The highest BCUT2D eigenvalue weighted by Gasteiger charge is 2.20. The SMILES string of the molecule is Cc1ccc(Cl)cc1-n1nc(C(=O)Nc2cccc(F)c2)nc1-c1ccccc1. The minimum Gasteiger partial charge on any atom is -0.319 e. The van der Waals surface area contributed by atoms with Gasteiger partial charge in [0.1, 0.15) is 5.82 Å². The molecule has 7 heteroatoms. The molecule has 29 heavy (non-hydrogen) atoms. The Bertz CT molecular complexity index is 1190. The smallest absolute Gasteiger partial charge is 0.295 e. The van der Waals surface area contributed by atoms with E-state index in [0.717, 1.165) is 11.1 Å². The van der Waals surface area contributed by atoms with E-state index < -0.39 is 11.7 Å². The Labute approximate surface area is 171 Å². The van der Waals surface area contributed by atoms with E-state index in [4.69, 9.17) is 11.6 Å². The zero-order valence-electron chi connectivity index (χ0n) is 15.4. The summed E-state index contributed by atoms with van der Waals surface area (Å²) >= 11 is 6.18. The van der Waals surface area contributed by atoms with Gasteiger partial charge in [-0.2, -0.15) is 0 Å². The number of hydrogen-bond donors (Lipinski definition) is 1. The molecule has 0 saturated carbocycles. The van der Waals surface area contributed by atoms with Crippen LogP contribution in [0.2, 0.25) is 5.02 Å². The molecule has 0 aliphatic carbocycles. The molecule has 1 aromatic heterocycles. The highest BCUT2D eigenvalue weighted by Crippen LogP contribution is 2.25. The molecule has 0 spiro atoms. The molecule has 1 amide bonds. The molecule has 5 nitrogen and oxygen atoms in total. The number of carbonyl (C=O) groups excluding carboxylic acids is 1. The Balaban J connectivity index is 1.79. The second kappa shape index (κ2) is 7.85. The largest absolute Gasteiger partial charge is 0.319 e. The summed E-state index contributed by atoms with van der Waals surface area (Å²) in [5.41, 5.74) is 2.76. The fourth-order valence-corrected chi connectivity index (χ4v) is 3.08. The van der Waals surface area contributed by atoms with E-state index in [1.165, 1.54) is 18.2 Å². The molecule has 0 radical (unpaired) electrons. The summed E-state index contributed by atoms with van der Waals surface area (Å²) in [5.74, 6) is -0.514. The lowest BCUT2D eigenvalue weighted by molar-refractivity contribution is 0.101. The van der Waals surface area contributed by atoms with Crippen molar-refractivity contribution in [2.24, 2.45) is 0 Å². The predicted molar refractivity (Wildman–Crippen MR) is 111 cm³/mol. The van der Waals surface area contributed by atoms with Crippen molar-refractivity contribution in [1.29, 1.82) is 0 Å². The first-order valence-corrected chi connectivity index (χ1v) is 9.25. The van der Waals surface area contributed by atoms with Gasteiger partial charge in [-0.15, -0.1) is 5.10 Å². The van der Waals surface area contributed by atoms with E-state index in [0.29, 0.717) is 22.2 Å². The molecule has 144 valence electrons. The average Bonchev–Trinajstić information content (AvgIpc) is 3.16. The van der Waals surface area contributed by atoms with Gasteiger partial charge in [0.15, 0.2) is 5.82 Å². The molecule has 0 atom stereocenters. The van der Waals surface area contributed by atoms with Crippen molar-refractivity contribution in [2.45, 2.75) is 6.92 Å². The van der Waals surface area contributed by atoms with E-state index in [-0.39, 0.29) is 5.82 Å². The number of hydrogen-bond acceptors (Lipinski definition) is 3. The number of halogens is 2. The molecular formula is C22H16ClFN4O. The molecule has 1 N–H and O–H groups in total. The Morgan fingerprint density at radius 3 is 2.59 bits per heavy atom. The van der Waals surface area contributed by atoms with E-state index in [1.807, 2.05) is 43.3 Å². The fourth-order valence-electron chi connectivity index (χ4n) is 2.91. The molecule has 0 aliphatic heterocycles. The zero-order chi connectivity index (χ0) is 20.4. The van der Waals surface area contributed by atoms with E-state index >= 15 is 0 Å². The number of benzene rings is 3. The molecule has 0 fully saturated rings. The van der Waals surface area contributed by atoms with Gasteiger partial charge in [-0.3, -0.25) is 4.79 Å². The molecule has 0 bridgehead atoms. The number of aryl methyl sites for hydroxylation is 1. The normalized spacial score (nSPS) is 10.7. The third kappa shape index (κ3) is 4.02. The van der Waals surface area contributed by atoms with E-state index in [9.17, 15) is 9.18 Å². The lowest BCUT2D eigenvalue weighted by atomic mass is 10.2. The number of nitrogens with one attached hydrogen (secondary N) is 1. The van der Waals surface area contributed by atoms with Crippen molar-refractivity contribution in [1.82, 2.24) is 14.8 Å². The van der Waals surface area contributed by atoms with Crippen LogP contribution in [0.3, 0.4) is 0 Å². The highest BCUT2D eigenvalue weighted by atomic mass is 35.5. The summed E-state index contributed by atoms with van der Waals surface area (Å²) in [6.07, 6.45) is 0. The number of carbonyl (C=O) groups is 1. The van der Waals surface area contributed by atoms with Crippen LogP contribution in [0.25, 0.3) is 17.1 Å². The second-order valence-electron chi connectivity index (χ2n) is 6.43. The van der Waals surface area contributed by atoms with Crippen LogP contribution in [0, 0.1) is 12.7 Å². The van der Waals surface area contributed by atoms with Gasteiger partial charge in [0, 0.05) is 16.3 Å². The van der Waals surface area contributed by atoms with Crippen LogP contribution in [0.4, 0.5) is 10.1 Å². The van der Waals surface area contributed by atoms with Crippen LogP contribution in [-0.4, -0.2) is 20.7 Å². The number of anilines is 1. The summed E-state index contributed by atoms with van der Waals surface area (Å²) in [5, 5.41) is 7.59. The lowest BCUT2D eigenvalue weighted by Gasteiger charge is -2.09. The first kappa shape index (κ1) is 18.8. The number of amides is 1. The standard InChI is InChI=1S/C22H16ClFN4O/c1-14-10-11-16(23)12-19(14)28-21(15-6-3-2-4-7-15)26-20(27-28)22(29)25-18-9-5-8-17(24)13-18/h2-13H,1H3,(H,25,29). The van der Waals surface area contributed by atoms with Gasteiger partial charge < -0.3 is 5.32 Å². The second-order valence-corrected chi connectivity index (χ2v) is 6.87. The van der Waals surface area contributed by atoms with Gasteiger partial charge in [0.25, 0.3) is 5.91 Å². The van der Waals surface area contributed by atoms with Crippen molar-refractivity contribution < 1.29 is 9.18 Å². The van der Waals surface area contributed by atoms with E-state index in [1.54, 1.807) is 22.9 Å². The molecular weight excluding hydrogens is 391 g/mol. The molecule has 1 heterocycles. The van der Waals surface area contributed by atoms with Gasteiger partial charge in [-0.25, -0.2) is 14.1 Å². The van der Waals surface area contributed by atoms with Gasteiger partial charge in [0.05, 0.1) is 5.69 Å². The van der Waals surface area contributed by atoms with Crippen LogP contribution in [0.5, 0.6) is 0 Å². The lowest BCUT2D eigenvalue weighted by Crippen LogP contribution is -2.14. The van der Waals surface area contributed by atoms with Gasteiger partial charge in [-0.05, 0) is 42.8 Å². The maximum Gasteiger partial charge on any atom is 0.295 e. The third-order valence-corrected chi connectivity index (χ3v) is 4.56. The Morgan fingerprint density at radius 1 is 1.03 bits per heavy atom. The molecule has 4 rings (SSSR count). The Morgan fingerprint density at radius 2 is 1.83 bits per heavy atom. The van der Waals surface area contributed by atoms with Crippen molar-refractivity contribution in [3.63, 3.8) is 0 Å². The first-order valence-electron chi connectivity index (χ1n) is 8.87. The van der Waals surface area contributed by atoms with Crippen LogP contribution < -0.4 is 5.32 Å². The quantitative estimate of drug-likeness (QED) is 0.501. The summed E-state index contributed by atoms with van der Waals surface area (Å²) in [6.45, 7) is 1.93. The minimum atomic E-state index is -0.536. The van der Waals surface area contributed by atoms with Gasteiger partial charge in [-0.1, -0.05) is 54.1 Å². The molecule has 0 aliphatic rings. The van der Waals surface area contributed by atoms with E-state index in [2.05, 4.69) is 15.4 Å². The highest BCUT2D eigenvalue weighted by molar-refractivity contribution is 6.30. The Kier molecular flexibility index (Phi) is 5.10. The van der Waals surface area contributed by atoms with Crippen molar-refractivity contribution in [2.75, 3.05) is 5.32 Å². The number of rotatable bonds is 4. The van der Waals surface area contributed by atoms with Gasteiger partial charge in [0.2, 0.25) is 5.82 Å². The summed E-state index contributed by atoms with van der Waals surface area (Å²) in [6, 6.07) is 20.5. The third-order valence-electron chi connectivity index (χ3n) is 4.32. The van der Waals surface area contributed by atoms with Crippen LogP contribution in [0.15, 0.2) is 72.8 Å². The predicted octanol–water partition coefficient (Wildman–Crippen LogP) is 5.29. The monoisotopic (exact) mass is 406 g/mol. The summed E-state index contributed by atoms with van der Waals surface area (Å²) in [4.78, 5) is 17.2. The Hall–Kier alpha value is -3.51. The molecule has 4 aromatic rings. The topological polar surface area (TPSA) is 59.8 Å². The van der Waals surface area contributed by atoms with Crippen molar-refractivity contribution >= 4 is 23.2 Å². The summed E-state index contributed by atoms with van der Waals surface area (Å²) < 4.78 is 15.0. The number of aromatic nitrogens is 3. The fraction of sp³-hybridized carbons (Fsp3) is 0.0455. The van der Waals surface area contributed by atoms with Crippen molar-refractivity contribution in [3.05, 3.63) is 95.0 Å². The molecule has 3 aromatic carbocycles. The zero-order valence-corrected chi connectivity index (χ0v) is 16.2. The minimum absolute atomic E-state index is 0.0347. The summed E-state index contributed by atoms with van der Waals surface area (Å²) in [7, 11) is 0. The number of nitrogens with zero attached hydrogens (tertiary/aromatic N) is 3. The van der Waals surface area contributed by atoms with Gasteiger partial charge >= 0.3 is 0 Å². The van der Waals surface area contributed by atoms with Crippen molar-refractivity contribution in [3.8, 4) is 17.1 Å². The molecule has 0 saturated heterocycles.